The summed E-state index contributed by atoms with van der Waals surface area (Å²) in [5.41, 5.74) is 0. The second-order valence-electron chi connectivity index (χ2n) is 1.67. The minimum atomic E-state index is -8.19. The van der Waals surface area contributed by atoms with Crippen LogP contribution in [0.4, 0.5) is 0 Å². The summed E-state index contributed by atoms with van der Waals surface area (Å²) in [5, 5.41) is 0. The summed E-state index contributed by atoms with van der Waals surface area (Å²) in [7, 11) is 0. The maximum absolute atomic E-state index is 8.69. The van der Waals surface area contributed by atoms with E-state index in [9.17, 15) is 0 Å². The van der Waals surface area contributed by atoms with Crippen LogP contribution in [0, 0.1) is 0 Å². The zero-order valence-electron chi connectivity index (χ0n) is 3.04. The molecule has 31 valence electrons. The van der Waals surface area contributed by atoms with Crippen molar-refractivity contribution in [3.8, 4) is 0 Å². The second-order valence-corrected chi connectivity index (χ2v) is 6.87. The van der Waals surface area contributed by atoms with Crippen molar-refractivity contribution in [1.82, 2.24) is 0 Å². The Hall–Kier alpha value is 0.636. The first-order valence-corrected chi connectivity index (χ1v) is 8.42. The van der Waals surface area contributed by atoms with E-state index in [4.69, 9.17) is -1.40 Å². The molecule has 0 saturated heterocycles. The van der Waals surface area contributed by atoms with Crippen molar-refractivity contribution in [3.63, 3.8) is 0 Å². The topological polar surface area (TPSA) is 85.3 Å². The molecule has 0 amide bonds. The molecule has 0 fully saturated rings. The van der Waals surface area contributed by atoms with Crippen molar-refractivity contribution in [3.05, 3.63) is 0 Å². The molecule has 0 N–H and O–H groups in total. The van der Waals surface area contributed by atoms with Crippen LogP contribution in [0.5, 0.6) is 0 Å². The van der Waals surface area contributed by atoms with Crippen molar-refractivity contribution in [2.45, 2.75) is 0 Å². The summed E-state index contributed by atoms with van der Waals surface area (Å²) < 4.78 is 43.4. The molecule has 6 heavy (non-hydrogen) atoms. The molecule has 0 atom stereocenters. The van der Waals surface area contributed by atoms with Crippen LogP contribution in [-0.4, -0.2) is 40.2 Å². The third kappa shape index (κ3) is 151. The van der Waals surface area contributed by atoms with E-state index in [0.717, 1.165) is 0 Å². The summed E-state index contributed by atoms with van der Waals surface area (Å²) >= 11 is -8.19. The summed E-state index contributed by atoms with van der Waals surface area (Å²) in [6, 6.07) is 0. The van der Waals surface area contributed by atoms with Gasteiger partial charge in [0.1, 0.15) is 0 Å². The number of hydrogen-bond acceptors (Lipinski definition) is 5. The molecule has 5 nitrogen and oxygen atoms in total. The Morgan fingerprint density at radius 1 is 0.667 bits per heavy atom. The fourth-order valence-corrected chi connectivity index (χ4v) is 0. The molecule has 0 rings (SSSR count). The van der Waals surface area contributed by atoms with Crippen LogP contribution in [0.15, 0.2) is 0 Å². The number of hydrogen-bond donors (Lipinski definition) is 0. The molecule has 0 radical (unpaired) electrons. The van der Waals surface area contributed by atoms with Gasteiger partial charge in [-0.2, -0.15) is 0 Å². The quantitative estimate of drug-likeness (QED) is 0.383. The zero-order chi connectivity index (χ0) is 5.45. The van der Waals surface area contributed by atoms with Gasteiger partial charge in [0.2, 0.25) is 0 Å². The Kier molecular flexibility index (Phi) is 1.18. The van der Waals surface area contributed by atoms with E-state index in [0.29, 0.717) is 0 Å². The van der Waals surface area contributed by atoms with Gasteiger partial charge in [0.15, 0.2) is 0 Å². The SMILES string of the molecule is [O]=[K](=[O])(=[O])(=[O])=[O]. The van der Waals surface area contributed by atoms with Crippen LogP contribution in [-0.2, 0) is -1.40 Å². The summed E-state index contributed by atoms with van der Waals surface area (Å²) in [5.74, 6) is 0. The summed E-state index contributed by atoms with van der Waals surface area (Å²) in [6.07, 6.45) is 0. The standard InChI is InChI=1S/K.5O. The van der Waals surface area contributed by atoms with Gasteiger partial charge in [-0.25, -0.2) is 0 Å². The van der Waals surface area contributed by atoms with Crippen molar-refractivity contribution in [2.24, 2.45) is 0 Å². The zero-order valence-corrected chi connectivity index (χ0v) is 6.16. The van der Waals surface area contributed by atoms with Crippen LogP contribution in [0.2, 0.25) is 0 Å². The van der Waals surface area contributed by atoms with Gasteiger partial charge in [0.05, 0.1) is 0 Å². The van der Waals surface area contributed by atoms with Crippen LogP contribution in [0.25, 0.3) is 0 Å². The molecule has 0 bridgehead atoms. The Morgan fingerprint density at radius 2 is 0.667 bits per heavy atom. The first-order chi connectivity index (χ1) is 2.24. The average Bonchev–Trinajstić information content (AvgIpc) is 0.650. The van der Waals surface area contributed by atoms with Crippen LogP contribution >= 0.6 is 0 Å². The van der Waals surface area contributed by atoms with E-state index in [1.54, 1.807) is 0 Å². The maximum atomic E-state index is 8.69. The predicted octanol–water partition coefficient (Wildman–Crippen LogP) is -0.975. The molecular weight excluding hydrogens is 119 g/mol. The van der Waals surface area contributed by atoms with E-state index in [1.165, 1.54) is 0 Å². The Bertz CT molecular complexity index is 274. The fraction of sp³-hybridized carbons (Fsp3) is 0. The van der Waals surface area contributed by atoms with Crippen LogP contribution in [0.3, 0.4) is 0 Å². The van der Waals surface area contributed by atoms with Crippen molar-refractivity contribution >= 4 is 40.2 Å². The van der Waals surface area contributed by atoms with Crippen LogP contribution < -0.4 is 0 Å². The molecule has 0 aromatic carbocycles. The molecule has 0 aliphatic heterocycles. The van der Waals surface area contributed by atoms with Gasteiger partial charge >= 0.3 is 38.8 Å². The molecule has 0 aliphatic rings. The van der Waals surface area contributed by atoms with Crippen molar-refractivity contribution in [2.75, 3.05) is 0 Å². The molecule has 0 saturated carbocycles. The van der Waals surface area contributed by atoms with Crippen molar-refractivity contribution in [1.29, 1.82) is 0 Å². The van der Waals surface area contributed by atoms with Gasteiger partial charge in [-0.3, -0.25) is 0 Å². The molecule has 6 heteroatoms. The van der Waals surface area contributed by atoms with E-state index >= 15 is 0 Å². The van der Waals surface area contributed by atoms with Crippen molar-refractivity contribution < 1.29 is -1.40 Å². The molecule has 0 unspecified atom stereocenters. The third-order valence-electron chi connectivity index (χ3n) is 0. The number of rotatable bonds is 0. The Morgan fingerprint density at radius 3 is 0.667 bits per heavy atom. The predicted molar refractivity (Wildman–Crippen MR) is 9.19 cm³/mol. The monoisotopic (exact) mass is 119 g/mol. The summed E-state index contributed by atoms with van der Waals surface area (Å²) in [6.45, 7) is 0. The fourth-order valence-electron chi connectivity index (χ4n) is 0. The van der Waals surface area contributed by atoms with Gasteiger partial charge in [0.25, 0.3) is 0 Å². The summed E-state index contributed by atoms with van der Waals surface area (Å²) in [4.78, 5) is 0. The first kappa shape index (κ1) is 6.64. The van der Waals surface area contributed by atoms with Crippen LogP contribution in [0.1, 0.15) is 0 Å². The van der Waals surface area contributed by atoms with E-state index < -0.39 is 40.2 Å². The van der Waals surface area contributed by atoms with Gasteiger partial charge in [-0.05, 0) is 0 Å². The van der Waals surface area contributed by atoms with Gasteiger partial charge < -0.3 is 0 Å². The van der Waals surface area contributed by atoms with Gasteiger partial charge in [0, 0.05) is 0 Å². The molecule has 0 heterocycles. The Balaban J connectivity index is 7.45. The van der Waals surface area contributed by atoms with Gasteiger partial charge in [-0.15, -0.1) is 0 Å². The normalized spacial score (nSPS) is 18.3. The molecule has 0 aromatic rings. The molecule has 0 aliphatic carbocycles. The molecule has 0 aromatic heterocycles. The van der Waals surface area contributed by atoms with Gasteiger partial charge in [-0.1, -0.05) is 0 Å². The van der Waals surface area contributed by atoms with E-state index in [1.807, 2.05) is 0 Å². The minimum absolute atomic E-state index is 8.19. The third-order valence-corrected chi connectivity index (χ3v) is 0. The average molecular weight is 119 g/mol. The molecule has 0 spiro atoms. The van der Waals surface area contributed by atoms with E-state index in [-0.39, 0.29) is 0 Å². The Labute approximate surface area is 37.7 Å². The second kappa shape index (κ2) is 1.07. The molecular formula is KO5. The van der Waals surface area contributed by atoms with E-state index in [2.05, 4.69) is 0 Å². The first-order valence-electron chi connectivity index (χ1n) is 2.04.